The van der Waals surface area contributed by atoms with Crippen LogP contribution in [-0.2, 0) is 11.3 Å². The van der Waals surface area contributed by atoms with Gasteiger partial charge >= 0.3 is 0 Å². The zero-order chi connectivity index (χ0) is 13.9. The summed E-state index contributed by atoms with van der Waals surface area (Å²) in [7, 11) is 0. The third kappa shape index (κ3) is 3.31. The predicted octanol–water partition coefficient (Wildman–Crippen LogP) is 1.51. The van der Waals surface area contributed by atoms with Gasteiger partial charge in [0.15, 0.2) is 0 Å². The molecule has 1 saturated carbocycles. The Kier molecular flexibility index (Phi) is 3.92. The molecule has 0 saturated heterocycles. The van der Waals surface area contributed by atoms with Crippen molar-refractivity contribution in [3.05, 3.63) is 29.8 Å². The Morgan fingerprint density at radius 1 is 1.40 bits per heavy atom. The van der Waals surface area contributed by atoms with Crippen LogP contribution in [-0.4, -0.2) is 31.6 Å². The van der Waals surface area contributed by atoms with Crippen LogP contribution >= 0.6 is 0 Å². The van der Waals surface area contributed by atoms with Crippen LogP contribution in [0.4, 0.5) is 5.69 Å². The second-order valence-corrected chi connectivity index (χ2v) is 6.04. The highest BCUT2D eigenvalue weighted by Crippen LogP contribution is 2.27. The Labute approximate surface area is 120 Å². The van der Waals surface area contributed by atoms with E-state index in [-0.39, 0.29) is 5.91 Å². The van der Waals surface area contributed by atoms with Gasteiger partial charge in [-0.15, -0.1) is 0 Å². The highest BCUT2D eigenvalue weighted by atomic mass is 16.2. The summed E-state index contributed by atoms with van der Waals surface area (Å²) in [6.07, 6.45) is 2.54. The third-order valence-electron chi connectivity index (χ3n) is 4.09. The van der Waals surface area contributed by atoms with Crippen molar-refractivity contribution in [1.82, 2.24) is 10.6 Å². The molecule has 4 heteroatoms. The molecule has 1 atom stereocenters. The van der Waals surface area contributed by atoms with Gasteiger partial charge in [0.25, 0.3) is 0 Å². The van der Waals surface area contributed by atoms with Gasteiger partial charge in [-0.3, -0.25) is 4.79 Å². The van der Waals surface area contributed by atoms with E-state index in [1.165, 1.54) is 24.1 Å². The van der Waals surface area contributed by atoms with E-state index in [0.717, 1.165) is 25.6 Å². The molecule has 0 aromatic heterocycles. The number of carbonyl (C=O) groups is 1. The summed E-state index contributed by atoms with van der Waals surface area (Å²) in [5.41, 5.74) is 2.46. The van der Waals surface area contributed by atoms with Crippen molar-refractivity contribution in [2.75, 3.05) is 24.5 Å². The molecule has 20 heavy (non-hydrogen) atoms. The van der Waals surface area contributed by atoms with E-state index in [1.54, 1.807) is 0 Å². The summed E-state index contributed by atoms with van der Waals surface area (Å²) < 4.78 is 0. The zero-order valence-corrected chi connectivity index (χ0v) is 12.1. The number of rotatable bonds is 4. The fourth-order valence-electron chi connectivity index (χ4n) is 2.71. The lowest BCUT2D eigenvalue weighted by molar-refractivity contribution is -0.119. The second kappa shape index (κ2) is 5.83. The van der Waals surface area contributed by atoms with Gasteiger partial charge in [-0.05, 0) is 37.3 Å². The summed E-state index contributed by atoms with van der Waals surface area (Å²) in [5.74, 6) is 0.872. The molecule has 4 nitrogen and oxygen atoms in total. The Morgan fingerprint density at radius 3 is 3.00 bits per heavy atom. The molecule has 1 fully saturated rings. The van der Waals surface area contributed by atoms with E-state index in [9.17, 15) is 4.79 Å². The first-order valence-electron chi connectivity index (χ1n) is 7.55. The number of nitrogens with one attached hydrogen (secondary N) is 2. The van der Waals surface area contributed by atoms with Gasteiger partial charge in [0, 0.05) is 31.4 Å². The monoisotopic (exact) mass is 273 g/mol. The van der Waals surface area contributed by atoms with E-state index in [2.05, 4.69) is 40.7 Å². The number of hydrogen-bond acceptors (Lipinski definition) is 3. The molecule has 108 valence electrons. The van der Waals surface area contributed by atoms with Crippen LogP contribution in [0.5, 0.6) is 0 Å². The predicted molar refractivity (Wildman–Crippen MR) is 80.7 cm³/mol. The van der Waals surface area contributed by atoms with Gasteiger partial charge in [-0.1, -0.05) is 18.2 Å². The lowest BCUT2D eigenvalue weighted by Gasteiger charge is -2.25. The normalized spacial score (nSPS) is 22.1. The van der Waals surface area contributed by atoms with Crippen LogP contribution in [0.1, 0.15) is 25.3 Å². The quantitative estimate of drug-likeness (QED) is 0.874. The topological polar surface area (TPSA) is 44.4 Å². The number of para-hydroxylation sites is 1. The molecule has 1 aromatic carbocycles. The van der Waals surface area contributed by atoms with E-state index < -0.39 is 0 Å². The van der Waals surface area contributed by atoms with Gasteiger partial charge in [0.05, 0.1) is 6.54 Å². The maximum atomic E-state index is 12.1. The lowest BCUT2D eigenvalue weighted by atomic mass is 10.1. The van der Waals surface area contributed by atoms with E-state index in [0.29, 0.717) is 12.6 Å². The number of benzene rings is 1. The fourth-order valence-corrected chi connectivity index (χ4v) is 2.71. The standard InChI is InChI=1S/C16H23N3O/c1-12-10-19(11-16(20)18-8-13-6-7-13)15-5-3-2-4-14(15)9-17-12/h2-5,12-13,17H,6-11H2,1H3,(H,18,20). The smallest absolute Gasteiger partial charge is 0.239 e. The summed E-state index contributed by atoms with van der Waals surface area (Å²) in [6, 6.07) is 8.74. The van der Waals surface area contributed by atoms with Gasteiger partial charge in [0.2, 0.25) is 5.91 Å². The fraction of sp³-hybridized carbons (Fsp3) is 0.562. The average Bonchev–Trinajstić information content (AvgIpc) is 3.27. The molecule has 1 amide bonds. The highest BCUT2D eigenvalue weighted by Gasteiger charge is 2.23. The number of carbonyl (C=O) groups excluding carboxylic acids is 1. The summed E-state index contributed by atoms with van der Waals surface area (Å²) in [5, 5.41) is 6.55. The van der Waals surface area contributed by atoms with Gasteiger partial charge in [-0.25, -0.2) is 0 Å². The van der Waals surface area contributed by atoms with Crippen molar-refractivity contribution in [1.29, 1.82) is 0 Å². The third-order valence-corrected chi connectivity index (χ3v) is 4.09. The molecular formula is C16H23N3O. The Hall–Kier alpha value is -1.55. The minimum atomic E-state index is 0.140. The van der Waals surface area contributed by atoms with E-state index in [4.69, 9.17) is 0 Å². The second-order valence-electron chi connectivity index (χ2n) is 6.04. The van der Waals surface area contributed by atoms with Crippen molar-refractivity contribution >= 4 is 11.6 Å². The molecule has 0 spiro atoms. The largest absolute Gasteiger partial charge is 0.360 e. The van der Waals surface area contributed by atoms with Crippen LogP contribution in [0.25, 0.3) is 0 Å². The molecule has 1 aliphatic heterocycles. The van der Waals surface area contributed by atoms with Crippen LogP contribution in [0, 0.1) is 5.92 Å². The Morgan fingerprint density at radius 2 is 2.20 bits per heavy atom. The molecule has 1 aliphatic carbocycles. The van der Waals surface area contributed by atoms with Crippen molar-refractivity contribution in [3.8, 4) is 0 Å². The SMILES string of the molecule is CC1CN(CC(=O)NCC2CC2)c2ccccc2CN1. The van der Waals surface area contributed by atoms with E-state index in [1.807, 2.05) is 6.07 Å². The van der Waals surface area contributed by atoms with Crippen LogP contribution < -0.4 is 15.5 Å². The van der Waals surface area contributed by atoms with Crippen LogP contribution in [0.2, 0.25) is 0 Å². The minimum Gasteiger partial charge on any atom is -0.360 e. The molecule has 0 radical (unpaired) electrons. The first-order valence-corrected chi connectivity index (χ1v) is 7.55. The zero-order valence-electron chi connectivity index (χ0n) is 12.1. The number of nitrogens with zero attached hydrogens (tertiary/aromatic N) is 1. The molecular weight excluding hydrogens is 250 g/mol. The molecule has 1 unspecified atom stereocenters. The molecule has 2 aliphatic rings. The lowest BCUT2D eigenvalue weighted by Crippen LogP contribution is -2.42. The van der Waals surface area contributed by atoms with E-state index >= 15 is 0 Å². The Balaban J connectivity index is 1.67. The molecule has 3 rings (SSSR count). The first-order chi connectivity index (χ1) is 9.72. The molecule has 0 bridgehead atoms. The van der Waals surface area contributed by atoms with Crippen molar-refractivity contribution in [2.24, 2.45) is 5.92 Å². The van der Waals surface area contributed by atoms with Crippen molar-refractivity contribution in [3.63, 3.8) is 0 Å². The number of amides is 1. The summed E-state index contributed by atoms with van der Waals surface area (Å²) >= 11 is 0. The van der Waals surface area contributed by atoms with Crippen molar-refractivity contribution in [2.45, 2.75) is 32.4 Å². The number of anilines is 1. The van der Waals surface area contributed by atoms with Crippen LogP contribution in [0.3, 0.4) is 0 Å². The number of hydrogen-bond donors (Lipinski definition) is 2. The summed E-state index contributed by atoms with van der Waals surface area (Å²) in [6.45, 7) is 5.21. The first kappa shape index (κ1) is 13.4. The molecule has 1 aromatic rings. The minimum absolute atomic E-state index is 0.140. The number of fused-ring (bicyclic) bond motifs is 1. The molecule has 1 heterocycles. The highest BCUT2D eigenvalue weighted by molar-refractivity contribution is 5.81. The maximum Gasteiger partial charge on any atom is 0.239 e. The van der Waals surface area contributed by atoms with Crippen LogP contribution in [0.15, 0.2) is 24.3 Å². The Bertz CT molecular complexity index is 484. The van der Waals surface area contributed by atoms with Gasteiger partial charge < -0.3 is 15.5 Å². The van der Waals surface area contributed by atoms with Gasteiger partial charge in [-0.2, -0.15) is 0 Å². The van der Waals surface area contributed by atoms with Gasteiger partial charge in [0.1, 0.15) is 0 Å². The maximum absolute atomic E-state index is 12.1. The summed E-state index contributed by atoms with van der Waals surface area (Å²) in [4.78, 5) is 14.3. The molecule has 2 N–H and O–H groups in total. The van der Waals surface area contributed by atoms with Crippen molar-refractivity contribution < 1.29 is 4.79 Å². The average molecular weight is 273 g/mol.